The molecule has 0 radical (unpaired) electrons. The van der Waals surface area contributed by atoms with Crippen molar-refractivity contribution in [2.24, 2.45) is 0 Å². The van der Waals surface area contributed by atoms with Gasteiger partial charge in [0.1, 0.15) is 5.82 Å². The Morgan fingerprint density at radius 2 is 1.57 bits per heavy atom. The molecular formula is C37H37F2N5O4S. The van der Waals surface area contributed by atoms with Gasteiger partial charge in [0.15, 0.2) is 5.82 Å². The Morgan fingerprint density at radius 1 is 0.857 bits per heavy atom. The molecule has 9 nitrogen and oxygen atoms in total. The van der Waals surface area contributed by atoms with Crippen molar-refractivity contribution in [3.8, 4) is 11.3 Å². The summed E-state index contributed by atoms with van der Waals surface area (Å²) < 4.78 is 64.0. The van der Waals surface area contributed by atoms with Gasteiger partial charge in [-0.1, -0.05) is 54.6 Å². The van der Waals surface area contributed by atoms with Crippen LogP contribution in [0.3, 0.4) is 0 Å². The standard InChI is InChI=1S/C37H37F2N5O4S/c1-25-19-32(29-21-31(39)36(45)44(23-29)22-26-13-14-33-34(20-26)43(3)17-16-42(33)2)41-37(40-25)49(46,47)18-15-35(27-9-5-4-6-10-27)48-24-28-11-7-8-12-30(28)38/h4-14,19-21,23,35H,15-18,22,24H2,1-3H3. The summed E-state index contributed by atoms with van der Waals surface area (Å²) >= 11 is 0. The predicted molar refractivity (Wildman–Crippen MR) is 186 cm³/mol. The summed E-state index contributed by atoms with van der Waals surface area (Å²) in [6.45, 7) is 3.43. The Morgan fingerprint density at radius 3 is 2.33 bits per heavy atom. The molecule has 254 valence electrons. The van der Waals surface area contributed by atoms with Gasteiger partial charge in [-0.3, -0.25) is 4.79 Å². The van der Waals surface area contributed by atoms with E-state index in [4.69, 9.17) is 4.74 Å². The lowest BCUT2D eigenvalue weighted by molar-refractivity contribution is 0.0361. The highest BCUT2D eigenvalue weighted by Gasteiger charge is 2.24. The van der Waals surface area contributed by atoms with Crippen molar-refractivity contribution < 1.29 is 21.9 Å². The van der Waals surface area contributed by atoms with Crippen LogP contribution in [0.5, 0.6) is 0 Å². The number of hydrogen-bond donors (Lipinski definition) is 0. The predicted octanol–water partition coefficient (Wildman–Crippen LogP) is 5.95. The van der Waals surface area contributed by atoms with Gasteiger partial charge in [0.2, 0.25) is 15.0 Å². The Hall–Kier alpha value is -4.94. The molecular weight excluding hydrogens is 649 g/mol. The van der Waals surface area contributed by atoms with Gasteiger partial charge >= 0.3 is 0 Å². The van der Waals surface area contributed by atoms with Crippen molar-refractivity contribution in [3.63, 3.8) is 0 Å². The number of likely N-dealkylation sites (N-methyl/N-ethyl adjacent to an activating group) is 2. The number of nitrogens with zero attached hydrogens (tertiary/aromatic N) is 5. The van der Waals surface area contributed by atoms with Crippen molar-refractivity contribution in [3.05, 3.63) is 135 Å². The molecule has 0 N–H and O–H groups in total. The number of ether oxygens (including phenoxy) is 1. The van der Waals surface area contributed by atoms with Crippen LogP contribution >= 0.6 is 0 Å². The fraction of sp³-hybridized carbons (Fsp3) is 0.270. The first kappa shape index (κ1) is 33.9. The molecule has 1 aliphatic rings. The lowest BCUT2D eigenvalue weighted by Gasteiger charge is -2.35. The van der Waals surface area contributed by atoms with Gasteiger partial charge in [-0.2, -0.15) is 0 Å². The number of pyridine rings is 1. The van der Waals surface area contributed by atoms with E-state index in [0.29, 0.717) is 11.3 Å². The van der Waals surface area contributed by atoms with E-state index in [0.717, 1.165) is 41.7 Å². The number of benzene rings is 3. The minimum atomic E-state index is -4.05. The van der Waals surface area contributed by atoms with Crippen molar-refractivity contribution >= 4 is 21.2 Å². The third-order valence-electron chi connectivity index (χ3n) is 8.65. The first-order valence-corrected chi connectivity index (χ1v) is 17.6. The highest BCUT2D eigenvalue weighted by molar-refractivity contribution is 7.91. The molecule has 0 fully saturated rings. The number of aryl methyl sites for hydroxylation is 1. The minimum Gasteiger partial charge on any atom is -0.371 e. The fourth-order valence-electron chi connectivity index (χ4n) is 5.89. The SMILES string of the molecule is Cc1cc(-c2cc(F)c(=O)n(Cc3ccc4c(c3)N(C)CCN4C)c2)nc(S(=O)(=O)CCC(OCc2ccccc2F)c2ccccc2)n1. The van der Waals surface area contributed by atoms with E-state index in [9.17, 15) is 17.6 Å². The molecule has 0 saturated heterocycles. The molecule has 0 spiro atoms. The molecule has 2 aromatic heterocycles. The third kappa shape index (κ3) is 7.71. The topological polar surface area (TPSA) is 97.6 Å². The van der Waals surface area contributed by atoms with Crippen molar-refractivity contribution in [1.29, 1.82) is 0 Å². The number of sulfone groups is 1. The number of aromatic nitrogens is 3. The normalized spacial score (nSPS) is 13.7. The number of anilines is 2. The molecule has 12 heteroatoms. The number of hydrogen-bond acceptors (Lipinski definition) is 8. The molecule has 0 aliphatic carbocycles. The highest BCUT2D eigenvalue weighted by Crippen LogP contribution is 2.32. The Kier molecular flexibility index (Phi) is 9.89. The van der Waals surface area contributed by atoms with Gasteiger partial charge < -0.3 is 19.1 Å². The average molecular weight is 686 g/mol. The van der Waals surface area contributed by atoms with Crippen molar-refractivity contribution in [1.82, 2.24) is 14.5 Å². The number of halogens is 2. The summed E-state index contributed by atoms with van der Waals surface area (Å²) in [5, 5.41) is -0.414. The Balaban J connectivity index is 1.25. The summed E-state index contributed by atoms with van der Waals surface area (Å²) in [5.41, 5.74) is 3.98. The molecule has 5 aromatic rings. The van der Waals surface area contributed by atoms with Crippen LogP contribution < -0.4 is 15.4 Å². The van der Waals surface area contributed by atoms with Crippen LogP contribution in [-0.2, 0) is 27.7 Å². The zero-order valence-electron chi connectivity index (χ0n) is 27.5. The maximum absolute atomic E-state index is 15.1. The third-order valence-corrected chi connectivity index (χ3v) is 10.2. The second-order valence-electron chi connectivity index (χ2n) is 12.3. The summed E-state index contributed by atoms with van der Waals surface area (Å²) in [6.07, 6.45) is 0.890. The lowest BCUT2D eigenvalue weighted by atomic mass is 10.1. The first-order valence-electron chi connectivity index (χ1n) is 15.9. The highest BCUT2D eigenvalue weighted by atomic mass is 32.2. The summed E-state index contributed by atoms with van der Waals surface area (Å²) in [7, 11) is -0.0199. The van der Waals surface area contributed by atoms with Crippen molar-refractivity contribution in [2.75, 3.05) is 42.7 Å². The van der Waals surface area contributed by atoms with Gasteiger partial charge in [0.25, 0.3) is 5.56 Å². The quantitative estimate of drug-likeness (QED) is 0.158. The van der Waals surface area contributed by atoms with E-state index in [-0.39, 0.29) is 36.6 Å². The minimum absolute atomic E-state index is 0.0438. The number of rotatable bonds is 11. The van der Waals surface area contributed by atoms with Crippen LogP contribution in [0.4, 0.5) is 20.2 Å². The Bertz CT molecular complexity index is 2140. The smallest absolute Gasteiger partial charge is 0.286 e. The van der Waals surface area contributed by atoms with Crippen LogP contribution in [-0.4, -0.2) is 55.9 Å². The summed E-state index contributed by atoms with van der Waals surface area (Å²) in [5.74, 6) is -1.75. The molecule has 0 amide bonds. The van der Waals surface area contributed by atoms with Crippen LogP contribution in [0.25, 0.3) is 11.3 Å². The van der Waals surface area contributed by atoms with E-state index in [1.807, 2.05) is 62.6 Å². The summed E-state index contributed by atoms with van der Waals surface area (Å²) in [4.78, 5) is 25.7. The molecule has 0 bridgehead atoms. The first-order chi connectivity index (χ1) is 23.5. The van der Waals surface area contributed by atoms with Crippen LogP contribution in [0.2, 0.25) is 0 Å². The Labute approximate surface area is 284 Å². The largest absolute Gasteiger partial charge is 0.371 e. The lowest BCUT2D eigenvalue weighted by Crippen LogP contribution is -2.36. The van der Waals surface area contributed by atoms with E-state index < -0.39 is 38.3 Å². The zero-order chi connectivity index (χ0) is 34.7. The fourth-order valence-corrected chi connectivity index (χ4v) is 7.12. The van der Waals surface area contributed by atoms with E-state index >= 15 is 4.39 Å². The van der Waals surface area contributed by atoms with Gasteiger partial charge in [-0.25, -0.2) is 27.2 Å². The number of fused-ring (bicyclic) bond motifs is 1. The van der Waals surface area contributed by atoms with Crippen LogP contribution in [0, 0.1) is 18.6 Å². The molecule has 1 aliphatic heterocycles. The molecule has 1 unspecified atom stereocenters. The van der Waals surface area contributed by atoms with E-state index in [1.54, 1.807) is 31.2 Å². The van der Waals surface area contributed by atoms with Gasteiger partial charge in [0, 0.05) is 50.2 Å². The van der Waals surface area contributed by atoms with Gasteiger partial charge in [-0.05, 0) is 54.8 Å². The second-order valence-corrected chi connectivity index (χ2v) is 14.3. The summed E-state index contributed by atoms with van der Waals surface area (Å²) in [6, 6.07) is 23.9. The monoisotopic (exact) mass is 685 g/mol. The maximum Gasteiger partial charge on any atom is 0.286 e. The van der Waals surface area contributed by atoms with E-state index in [1.165, 1.54) is 16.8 Å². The van der Waals surface area contributed by atoms with Crippen LogP contribution in [0.1, 0.15) is 34.9 Å². The maximum atomic E-state index is 15.1. The van der Waals surface area contributed by atoms with Gasteiger partial charge in [-0.15, -0.1) is 0 Å². The molecule has 49 heavy (non-hydrogen) atoms. The zero-order valence-corrected chi connectivity index (χ0v) is 28.3. The second kappa shape index (κ2) is 14.3. The average Bonchev–Trinajstić information content (AvgIpc) is 3.09. The van der Waals surface area contributed by atoms with E-state index in [2.05, 4.69) is 19.8 Å². The molecule has 3 aromatic carbocycles. The molecule has 6 rings (SSSR count). The molecule has 3 heterocycles. The molecule has 1 atom stereocenters. The van der Waals surface area contributed by atoms with Crippen molar-refractivity contribution in [2.45, 2.75) is 37.8 Å². The molecule has 0 saturated carbocycles. The van der Waals surface area contributed by atoms with Gasteiger partial charge in [0.05, 0.1) is 42.1 Å². The van der Waals surface area contributed by atoms with Crippen LogP contribution in [0.15, 0.2) is 101 Å².